The van der Waals surface area contributed by atoms with Crippen LogP contribution in [-0.2, 0) is 16.8 Å². The molecule has 0 bridgehead atoms. The molecule has 4 rings (SSSR count). The fourth-order valence-corrected chi connectivity index (χ4v) is 4.42. The minimum atomic E-state index is -1.11. The molecule has 3 amide bonds. The Morgan fingerprint density at radius 2 is 1.87 bits per heavy atom. The highest BCUT2D eigenvalue weighted by molar-refractivity contribution is 6.21. The average molecular weight is 422 g/mol. The summed E-state index contributed by atoms with van der Waals surface area (Å²) in [5.41, 5.74) is 1.57. The number of aliphatic hydroxyl groups is 1. The molecule has 2 aliphatic rings. The number of hydrogen-bond donors (Lipinski definition) is 2. The van der Waals surface area contributed by atoms with E-state index in [4.69, 9.17) is 4.74 Å². The molecule has 0 spiro atoms. The lowest BCUT2D eigenvalue weighted by molar-refractivity contribution is -0.122. The summed E-state index contributed by atoms with van der Waals surface area (Å²) in [7, 11) is 1.61. The van der Waals surface area contributed by atoms with E-state index in [1.165, 1.54) is 4.90 Å². The summed E-state index contributed by atoms with van der Waals surface area (Å²) in [4.78, 5) is 38.3. The number of methoxy groups -OCH3 is 1. The molecular weight excluding hydrogens is 396 g/mol. The minimum absolute atomic E-state index is 0.123. The van der Waals surface area contributed by atoms with Crippen LogP contribution in [0.25, 0.3) is 0 Å². The minimum Gasteiger partial charge on any atom is -0.497 e. The molecule has 0 saturated carbocycles. The van der Waals surface area contributed by atoms with Gasteiger partial charge in [0.05, 0.1) is 24.8 Å². The lowest BCUT2D eigenvalue weighted by Crippen LogP contribution is -2.43. The molecule has 31 heavy (non-hydrogen) atoms. The summed E-state index contributed by atoms with van der Waals surface area (Å²) in [5, 5.41) is 14.0. The topological polar surface area (TPSA) is 95.9 Å². The molecule has 7 nitrogen and oxygen atoms in total. The zero-order valence-electron chi connectivity index (χ0n) is 17.5. The van der Waals surface area contributed by atoms with Gasteiger partial charge in [-0.3, -0.25) is 19.3 Å². The Bertz CT molecular complexity index is 999. The van der Waals surface area contributed by atoms with E-state index < -0.39 is 5.60 Å². The molecule has 0 fully saturated rings. The average Bonchev–Trinajstić information content (AvgIpc) is 3.03. The first-order valence-corrected chi connectivity index (χ1v) is 10.5. The van der Waals surface area contributed by atoms with Gasteiger partial charge in [0.1, 0.15) is 11.4 Å². The van der Waals surface area contributed by atoms with Crippen molar-refractivity contribution in [2.45, 2.75) is 37.7 Å². The number of fused-ring (bicyclic) bond motifs is 2. The number of carbonyl (C=O) groups excluding carboxylic acids is 3. The zero-order valence-corrected chi connectivity index (χ0v) is 17.5. The number of aryl methyl sites for hydroxylation is 1. The monoisotopic (exact) mass is 422 g/mol. The van der Waals surface area contributed by atoms with Crippen LogP contribution >= 0.6 is 0 Å². The van der Waals surface area contributed by atoms with Crippen LogP contribution in [0.1, 0.15) is 57.5 Å². The first-order valence-electron chi connectivity index (χ1n) is 10.5. The Morgan fingerprint density at radius 3 is 2.55 bits per heavy atom. The molecule has 2 aromatic rings. The molecule has 1 aliphatic carbocycles. The van der Waals surface area contributed by atoms with Crippen LogP contribution in [0.2, 0.25) is 0 Å². The molecule has 2 aromatic carbocycles. The van der Waals surface area contributed by atoms with Crippen LogP contribution in [0.5, 0.6) is 5.75 Å². The van der Waals surface area contributed by atoms with E-state index in [1.807, 2.05) is 18.2 Å². The normalized spacial score (nSPS) is 19.7. The second-order valence-electron chi connectivity index (χ2n) is 8.10. The van der Waals surface area contributed by atoms with Gasteiger partial charge < -0.3 is 15.2 Å². The summed E-state index contributed by atoms with van der Waals surface area (Å²) in [6.45, 7) is 0.310. The van der Waals surface area contributed by atoms with Crippen LogP contribution in [0, 0.1) is 0 Å². The van der Waals surface area contributed by atoms with E-state index in [2.05, 4.69) is 5.32 Å². The van der Waals surface area contributed by atoms with Gasteiger partial charge in [0.15, 0.2) is 0 Å². The third-order valence-electron chi connectivity index (χ3n) is 6.09. The van der Waals surface area contributed by atoms with Gasteiger partial charge in [-0.2, -0.15) is 0 Å². The lowest BCUT2D eigenvalue weighted by atomic mass is 9.79. The number of nitrogens with zero attached hydrogens (tertiary/aromatic N) is 1. The van der Waals surface area contributed by atoms with Crippen molar-refractivity contribution in [2.24, 2.45) is 0 Å². The number of imide groups is 1. The molecule has 2 N–H and O–H groups in total. The van der Waals surface area contributed by atoms with Crippen LogP contribution in [0.15, 0.2) is 42.5 Å². The second kappa shape index (κ2) is 8.51. The first-order chi connectivity index (χ1) is 14.9. The van der Waals surface area contributed by atoms with Crippen LogP contribution < -0.4 is 10.1 Å². The molecule has 0 saturated heterocycles. The first kappa shape index (κ1) is 21.1. The third-order valence-corrected chi connectivity index (χ3v) is 6.09. The number of rotatable bonds is 7. The van der Waals surface area contributed by atoms with Crippen molar-refractivity contribution in [1.29, 1.82) is 0 Å². The Balaban J connectivity index is 1.30. The van der Waals surface area contributed by atoms with E-state index in [1.54, 1.807) is 31.4 Å². The van der Waals surface area contributed by atoms with E-state index in [9.17, 15) is 19.5 Å². The summed E-state index contributed by atoms with van der Waals surface area (Å²) in [5.74, 6) is -0.0972. The number of carbonyl (C=O) groups is 3. The van der Waals surface area contributed by atoms with Crippen molar-refractivity contribution >= 4 is 17.7 Å². The number of amides is 3. The maximum absolute atomic E-state index is 12.4. The zero-order chi connectivity index (χ0) is 22.0. The number of benzene rings is 2. The molecule has 0 radical (unpaired) electrons. The lowest BCUT2D eigenvalue weighted by Gasteiger charge is -2.35. The molecule has 1 heterocycles. The Hall–Kier alpha value is -3.19. The summed E-state index contributed by atoms with van der Waals surface area (Å²) in [6.07, 6.45) is 2.79. The molecule has 7 heteroatoms. The van der Waals surface area contributed by atoms with Gasteiger partial charge in [-0.15, -0.1) is 0 Å². The highest BCUT2D eigenvalue weighted by Gasteiger charge is 2.36. The van der Waals surface area contributed by atoms with Crippen molar-refractivity contribution in [2.75, 3.05) is 20.2 Å². The Kier molecular flexibility index (Phi) is 5.78. The smallest absolute Gasteiger partial charge is 0.261 e. The highest BCUT2D eigenvalue weighted by Crippen LogP contribution is 2.36. The third kappa shape index (κ3) is 4.05. The summed E-state index contributed by atoms with van der Waals surface area (Å²) in [6, 6.07) is 12.3. The van der Waals surface area contributed by atoms with Crippen molar-refractivity contribution in [3.63, 3.8) is 0 Å². The fraction of sp³-hybridized carbons (Fsp3) is 0.375. The second-order valence-corrected chi connectivity index (χ2v) is 8.10. The predicted molar refractivity (Wildman–Crippen MR) is 114 cm³/mol. The number of nitrogens with one attached hydrogen (secondary N) is 1. The van der Waals surface area contributed by atoms with E-state index >= 15 is 0 Å². The summed E-state index contributed by atoms with van der Waals surface area (Å²) >= 11 is 0. The van der Waals surface area contributed by atoms with Crippen LogP contribution in [-0.4, -0.2) is 47.9 Å². The van der Waals surface area contributed by atoms with Crippen LogP contribution in [0.4, 0.5) is 0 Å². The van der Waals surface area contributed by atoms with Gasteiger partial charge in [-0.25, -0.2) is 0 Å². The van der Waals surface area contributed by atoms with Crippen molar-refractivity contribution in [1.82, 2.24) is 10.2 Å². The summed E-state index contributed by atoms with van der Waals surface area (Å²) < 4.78 is 5.27. The molecule has 0 aromatic heterocycles. The van der Waals surface area contributed by atoms with Crippen molar-refractivity contribution < 1.29 is 24.2 Å². The van der Waals surface area contributed by atoms with Gasteiger partial charge in [0, 0.05) is 13.0 Å². The Labute approximate surface area is 181 Å². The SMILES string of the molecule is COc1ccc2c(c1)CCCC2(O)CNC(=O)CCCN1C(=O)c2ccccc2C1=O. The highest BCUT2D eigenvalue weighted by atomic mass is 16.5. The maximum Gasteiger partial charge on any atom is 0.261 e. The molecule has 1 atom stereocenters. The predicted octanol–water partition coefficient (Wildman–Crippen LogP) is 2.41. The Morgan fingerprint density at radius 1 is 1.16 bits per heavy atom. The van der Waals surface area contributed by atoms with Crippen molar-refractivity contribution in [3.05, 3.63) is 64.7 Å². The molecule has 1 aliphatic heterocycles. The van der Waals surface area contributed by atoms with E-state index in [0.29, 0.717) is 24.0 Å². The van der Waals surface area contributed by atoms with Crippen LogP contribution in [0.3, 0.4) is 0 Å². The quantitative estimate of drug-likeness (QED) is 0.668. The number of ether oxygens (including phenoxy) is 1. The van der Waals surface area contributed by atoms with Gasteiger partial charge in [0.2, 0.25) is 5.91 Å². The van der Waals surface area contributed by atoms with Gasteiger partial charge in [-0.05, 0) is 61.1 Å². The van der Waals surface area contributed by atoms with Gasteiger partial charge in [0.25, 0.3) is 11.8 Å². The molecule has 162 valence electrons. The number of hydrogen-bond acceptors (Lipinski definition) is 5. The molecular formula is C24H26N2O5. The largest absolute Gasteiger partial charge is 0.497 e. The van der Waals surface area contributed by atoms with E-state index in [-0.39, 0.29) is 37.2 Å². The van der Waals surface area contributed by atoms with Gasteiger partial charge in [-0.1, -0.05) is 18.2 Å². The van der Waals surface area contributed by atoms with E-state index in [0.717, 1.165) is 29.7 Å². The fourth-order valence-electron chi connectivity index (χ4n) is 4.42. The van der Waals surface area contributed by atoms with Crippen molar-refractivity contribution in [3.8, 4) is 5.75 Å². The molecule has 1 unspecified atom stereocenters. The maximum atomic E-state index is 12.4. The standard InChI is InChI=1S/C24H26N2O5/c1-31-17-10-11-20-16(14-17)6-4-12-24(20,30)15-25-21(27)9-5-13-26-22(28)18-7-2-3-8-19(18)23(26)29/h2-3,7-8,10-11,14,30H,4-6,9,12-13,15H2,1H3,(H,25,27). The van der Waals surface area contributed by atoms with Gasteiger partial charge >= 0.3 is 0 Å².